The maximum atomic E-state index is 13.1. The van der Waals surface area contributed by atoms with Crippen LogP contribution in [0, 0.1) is 5.92 Å². The number of halogens is 1. The highest BCUT2D eigenvalue weighted by atomic mass is 35.5. The molecule has 1 heterocycles. The Morgan fingerprint density at radius 2 is 2.09 bits per heavy atom. The van der Waals surface area contributed by atoms with Gasteiger partial charge in [0.1, 0.15) is 0 Å². The fraction of sp³-hybridized carbons (Fsp3) is 0.611. The summed E-state index contributed by atoms with van der Waals surface area (Å²) in [4.78, 5) is 15.1. The minimum atomic E-state index is 0. The summed E-state index contributed by atoms with van der Waals surface area (Å²) in [5.41, 5.74) is 8.53. The topological polar surface area (TPSA) is 46.3 Å². The number of amides is 1. The molecule has 22 heavy (non-hydrogen) atoms. The van der Waals surface area contributed by atoms with Crippen molar-refractivity contribution in [2.24, 2.45) is 11.7 Å². The molecule has 3 rings (SSSR count). The Labute approximate surface area is 139 Å². The van der Waals surface area contributed by atoms with E-state index >= 15 is 0 Å². The van der Waals surface area contributed by atoms with Gasteiger partial charge in [-0.15, -0.1) is 12.4 Å². The molecule has 122 valence electrons. The zero-order valence-electron chi connectivity index (χ0n) is 13.3. The van der Waals surface area contributed by atoms with Crippen molar-refractivity contribution in [1.82, 2.24) is 4.90 Å². The van der Waals surface area contributed by atoms with Crippen LogP contribution in [0.2, 0.25) is 0 Å². The maximum absolute atomic E-state index is 13.1. The van der Waals surface area contributed by atoms with Gasteiger partial charge in [-0.3, -0.25) is 4.79 Å². The van der Waals surface area contributed by atoms with Crippen molar-refractivity contribution >= 4 is 18.3 Å². The predicted molar refractivity (Wildman–Crippen MR) is 92.3 cm³/mol. The average molecular weight is 323 g/mol. The number of rotatable bonds is 2. The number of carbonyl (C=O) groups is 1. The molecule has 1 aliphatic carbocycles. The number of benzene rings is 1. The van der Waals surface area contributed by atoms with E-state index in [9.17, 15) is 4.79 Å². The summed E-state index contributed by atoms with van der Waals surface area (Å²) >= 11 is 0. The molecule has 0 aromatic heterocycles. The highest BCUT2D eigenvalue weighted by Gasteiger charge is 2.35. The molecule has 0 radical (unpaired) electrons. The van der Waals surface area contributed by atoms with E-state index in [0.717, 1.165) is 38.6 Å². The van der Waals surface area contributed by atoms with Crippen molar-refractivity contribution in [1.29, 1.82) is 0 Å². The van der Waals surface area contributed by atoms with Gasteiger partial charge < -0.3 is 10.6 Å². The summed E-state index contributed by atoms with van der Waals surface area (Å²) in [6, 6.07) is 8.68. The van der Waals surface area contributed by atoms with Gasteiger partial charge in [-0.2, -0.15) is 0 Å². The summed E-state index contributed by atoms with van der Waals surface area (Å²) in [5.74, 6) is 1.04. The molecule has 0 spiro atoms. The van der Waals surface area contributed by atoms with Gasteiger partial charge in [-0.25, -0.2) is 0 Å². The number of likely N-dealkylation sites (tertiary alicyclic amines) is 1. The van der Waals surface area contributed by atoms with Crippen LogP contribution in [0.15, 0.2) is 24.3 Å². The fourth-order valence-electron chi connectivity index (χ4n) is 3.98. The van der Waals surface area contributed by atoms with Crippen LogP contribution in [0.25, 0.3) is 0 Å². The van der Waals surface area contributed by atoms with E-state index in [-0.39, 0.29) is 24.4 Å². The second-order valence-corrected chi connectivity index (χ2v) is 6.69. The summed E-state index contributed by atoms with van der Waals surface area (Å²) in [5, 5.41) is 0. The zero-order valence-corrected chi connectivity index (χ0v) is 14.1. The molecule has 1 fully saturated rings. The average Bonchev–Trinajstić information content (AvgIpc) is 2.53. The molecule has 1 saturated heterocycles. The number of fused-ring (bicyclic) bond motifs is 1. The van der Waals surface area contributed by atoms with Crippen molar-refractivity contribution in [3.63, 3.8) is 0 Å². The first-order valence-electron chi connectivity index (χ1n) is 8.29. The van der Waals surface area contributed by atoms with E-state index < -0.39 is 0 Å². The molecule has 4 heteroatoms. The van der Waals surface area contributed by atoms with Gasteiger partial charge in [0.25, 0.3) is 0 Å². The van der Waals surface area contributed by atoms with Gasteiger partial charge in [0, 0.05) is 19.1 Å². The van der Waals surface area contributed by atoms with Gasteiger partial charge in [-0.05, 0) is 49.1 Å². The van der Waals surface area contributed by atoms with Crippen molar-refractivity contribution in [2.45, 2.75) is 51.0 Å². The van der Waals surface area contributed by atoms with E-state index in [1.165, 1.54) is 11.1 Å². The second-order valence-electron chi connectivity index (χ2n) is 6.69. The summed E-state index contributed by atoms with van der Waals surface area (Å²) < 4.78 is 0. The van der Waals surface area contributed by atoms with Gasteiger partial charge >= 0.3 is 0 Å². The molecule has 3 unspecified atom stereocenters. The van der Waals surface area contributed by atoms with E-state index in [1.54, 1.807) is 0 Å². The van der Waals surface area contributed by atoms with E-state index in [4.69, 9.17) is 5.73 Å². The van der Waals surface area contributed by atoms with Crippen molar-refractivity contribution in [3.05, 3.63) is 35.4 Å². The monoisotopic (exact) mass is 322 g/mol. The molecular formula is C18H27ClN2O. The quantitative estimate of drug-likeness (QED) is 0.909. The normalized spacial score (nSPS) is 27.7. The number of nitrogens with zero attached hydrogens (tertiary/aromatic N) is 1. The number of piperidine rings is 1. The van der Waals surface area contributed by atoms with Gasteiger partial charge in [-0.1, -0.05) is 31.2 Å². The Hall–Kier alpha value is -1.06. The van der Waals surface area contributed by atoms with Crippen LogP contribution < -0.4 is 5.73 Å². The molecule has 1 amide bonds. The Balaban J connectivity index is 0.00000176. The Morgan fingerprint density at radius 1 is 1.32 bits per heavy atom. The number of hydrogen-bond acceptors (Lipinski definition) is 2. The summed E-state index contributed by atoms with van der Waals surface area (Å²) in [6.07, 6.45) is 5.37. The lowest BCUT2D eigenvalue weighted by Gasteiger charge is -2.40. The fourth-order valence-corrected chi connectivity index (χ4v) is 3.98. The van der Waals surface area contributed by atoms with Crippen LogP contribution in [0.5, 0.6) is 0 Å². The van der Waals surface area contributed by atoms with Crippen LogP contribution in [0.4, 0.5) is 0 Å². The summed E-state index contributed by atoms with van der Waals surface area (Å²) in [7, 11) is 0. The Morgan fingerprint density at radius 3 is 2.86 bits per heavy atom. The minimum Gasteiger partial charge on any atom is -0.338 e. The first-order chi connectivity index (χ1) is 10.2. The SMILES string of the molecule is CC1CCN(C(=O)C2CCCc3ccccc32)C(CN)C1.Cl. The van der Waals surface area contributed by atoms with Crippen LogP contribution in [-0.4, -0.2) is 29.9 Å². The van der Waals surface area contributed by atoms with E-state index in [2.05, 4.69) is 36.1 Å². The number of aryl methyl sites for hydroxylation is 1. The summed E-state index contributed by atoms with van der Waals surface area (Å²) in [6.45, 7) is 3.73. The van der Waals surface area contributed by atoms with Gasteiger partial charge in [0.15, 0.2) is 0 Å². The lowest BCUT2D eigenvalue weighted by Crippen LogP contribution is -2.51. The van der Waals surface area contributed by atoms with Crippen LogP contribution in [0.3, 0.4) is 0 Å². The lowest BCUT2D eigenvalue weighted by atomic mass is 9.81. The van der Waals surface area contributed by atoms with E-state index in [1.807, 2.05) is 0 Å². The van der Waals surface area contributed by atoms with Crippen LogP contribution >= 0.6 is 12.4 Å². The first kappa shape index (κ1) is 17.3. The number of nitrogens with two attached hydrogens (primary N) is 1. The molecule has 1 aromatic carbocycles. The largest absolute Gasteiger partial charge is 0.338 e. The van der Waals surface area contributed by atoms with Crippen molar-refractivity contribution < 1.29 is 4.79 Å². The standard InChI is InChI=1S/C18H26N2O.ClH/c1-13-9-10-20(15(11-13)12-19)18(21)17-8-4-6-14-5-2-3-7-16(14)17;/h2-3,5,7,13,15,17H,4,6,8-12,19H2,1H3;1H. The molecule has 1 aliphatic heterocycles. The molecular weight excluding hydrogens is 296 g/mol. The van der Waals surface area contributed by atoms with Gasteiger partial charge in [0.05, 0.1) is 5.92 Å². The third-order valence-electron chi connectivity index (χ3n) is 5.20. The van der Waals surface area contributed by atoms with E-state index in [0.29, 0.717) is 18.4 Å². The molecule has 2 N–H and O–H groups in total. The van der Waals surface area contributed by atoms with Crippen molar-refractivity contribution in [2.75, 3.05) is 13.1 Å². The third kappa shape index (κ3) is 3.31. The van der Waals surface area contributed by atoms with Crippen LogP contribution in [0.1, 0.15) is 49.7 Å². The Kier molecular flexibility index (Phi) is 5.87. The molecule has 3 atom stereocenters. The molecule has 0 bridgehead atoms. The molecule has 3 nitrogen and oxygen atoms in total. The maximum Gasteiger partial charge on any atom is 0.230 e. The highest BCUT2D eigenvalue weighted by Crippen LogP contribution is 2.34. The minimum absolute atomic E-state index is 0. The second kappa shape index (κ2) is 7.47. The van der Waals surface area contributed by atoms with Gasteiger partial charge in [0.2, 0.25) is 5.91 Å². The zero-order chi connectivity index (χ0) is 14.8. The lowest BCUT2D eigenvalue weighted by molar-refractivity contribution is -0.137. The first-order valence-corrected chi connectivity index (χ1v) is 8.29. The van der Waals surface area contributed by atoms with Crippen LogP contribution in [-0.2, 0) is 11.2 Å². The number of hydrogen-bond donors (Lipinski definition) is 1. The predicted octanol–water partition coefficient (Wildman–Crippen LogP) is 3.11. The van der Waals surface area contributed by atoms with Crippen molar-refractivity contribution in [3.8, 4) is 0 Å². The number of carbonyl (C=O) groups excluding carboxylic acids is 1. The third-order valence-corrected chi connectivity index (χ3v) is 5.20. The Bertz CT molecular complexity index is 520. The molecule has 0 saturated carbocycles. The molecule has 2 aliphatic rings. The molecule has 1 aromatic rings. The smallest absolute Gasteiger partial charge is 0.230 e. The highest BCUT2D eigenvalue weighted by molar-refractivity contribution is 5.85.